The normalized spacial score (nSPS) is 32.5. The number of aromatic hydroxyl groups is 3. The molecule has 2 saturated heterocycles. The van der Waals surface area contributed by atoms with Gasteiger partial charge in [0.2, 0.25) is 11.2 Å². The third-order valence-electron chi connectivity index (χ3n) is 7.52. The summed E-state index contributed by atoms with van der Waals surface area (Å²) >= 11 is 0. The van der Waals surface area contributed by atoms with Gasteiger partial charge in [0.25, 0.3) is 0 Å². The molecule has 3 aromatic rings. The molecule has 16 heteroatoms. The van der Waals surface area contributed by atoms with E-state index in [4.69, 9.17) is 23.4 Å². The summed E-state index contributed by atoms with van der Waals surface area (Å²) in [5.74, 6) is -1.69. The molecule has 4 unspecified atom stereocenters. The first-order valence-electron chi connectivity index (χ1n) is 13.5. The Balaban J connectivity index is 1.38. The zero-order chi connectivity index (χ0) is 31.9. The SMILES string of the molecule is O=c1c(OC[C@@H]2OC(CO[C@@H]3OC(CO)[C@H](O)[C@H](O)C3O)[C@H](O)[C@H](O)C2O)c(-c2ccc(O)cc2)oc2cc(O)cc(O)c12. The lowest BCUT2D eigenvalue weighted by atomic mass is 9.95. The van der Waals surface area contributed by atoms with E-state index >= 15 is 0 Å². The quantitative estimate of drug-likeness (QED) is 0.125. The van der Waals surface area contributed by atoms with Crippen LogP contribution in [0, 0.1) is 0 Å². The second kappa shape index (κ2) is 12.8. The molecular formula is C28H32O16. The van der Waals surface area contributed by atoms with Crippen molar-refractivity contribution in [2.75, 3.05) is 19.8 Å². The fourth-order valence-corrected chi connectivity index (χ4v) is 5.07. The van der Waals surface area contributed by atoms with Crippen LogP contribution in [0.25, 0.3) is 22.3 Å². The first-order valence-corrected chi connectivity index (χ1v) is 13.5. The molecule has 240 valence electrons. The Labute approximate surface area is 247 Å². The molecule has 2 fully saturated rings. The maximum absolute atomic E-state index is 13.5. The summed E-state index contributed by atoms with van der Waals surface area (Å²) in [5.41, 5.74) is -0.785. The monoisotopic (exact) mass is 624 g/mol. The van der Waals surface area contributed by atoms with Crippen molar-refractivity contribution in [2.45, 2.75) is 61.2 Å². The summed E-state index contributed by atoms with van der Waals surface area (Å²) in [4.78, 5) is 13.5. The maximum atomic E-state index is 13.5. The summed E-state index contributed by atoms with van der Waals surface area (Å²) < 4.78 is 27.9. The van der Waals surface area contributed by atoms with Crippen molar-refractivity contribution in [3.63, 3.8) is 0 Å². The highest BCUT2D eigenvalue weighted by Gasteiger charge is 2.47. The molecule has 44 heavy (non-hydrogen) atoms. The number of ether oxygens (including phenoxy) is 4. The number of aliphatic hydroxyl groups excluding tert-OH is 7. The number of benzene rings is 2. The largest absolute Gasteiger partial charge is 0.508 e. The Morgan fingerprint density at radius 3 is 1.98 bits per heavy atom. The minimum atomic E-state index is -1.79. The van der Waals surface area contributed by atoms with Gasteiger partial charge in [-0.25, -0.2) is 0 Å². The van der Waals surface area contributed by atoms with Crippen molar-refractivity contribution in [1.29, 1.82) is 0 Å². The third kappa shape index (κ3) is 6.04. The summed E-state index contributed by atoms with van der Waals surface area (Å²) in [7, 11) is 0. The van der Waals surface area contributed by atoms with Crippen molar-refractivity contribution in [1.82, 2.24) is 0 Å². The molecule has 1 aromatic heterocycles. The average molecular weight is 625 g/mol. The lowest BCUT2D eigenvalue weighted by Gasteiger charge is -2.42. The molecule has 0 saturated carbocycles. The number of phenolic OH excluding ortho intramolecular Hbond substituents is 3. The van der Waals surface area contributed by atoms with E-state index in [1.807, 2.05) is 0 Å². The second-order valence-corrected chi connectivity index (χ2v) is 10.5. The van der Waals surface area contributed by atoms with Crippen LogP contribution in [0.3, 0.4) is 0 Å². The first-order chi connectivity index (χ1) is 20.9. The molecule has 0 radical (unpaired) electrons. The minimum Gasteiger partial charge on any atom is -0.508 e. The van der Waals surface area contributed by atoms with Gasteiger partial charge < -0.3 is 74.4 Å². The van der Waals surface area contributed by atoms with Crippen LogP contribution in [-0.2, 0) is 14.2 Å². The van der Waals surface area contributed by atoms with E-state index in [9.17, 15) is 55.9 Å². The smallest absolute Gasteiger partial charge is 0.239 e. The van der Waals surface area contributed by atoms with Crippen LogP contribution in [0.2, 0.25) is 0 Å². The lowest BCUT2D eigenvalue weighted by molar-refractivity contribution is -0.314. The Hall–Kier alpha value is -3.55. The standard InChI is InChI=1S/C28H32O16/c29-7-15-19(33)24(38)25(39)28(44-15)41-9-17-21(35)23(37)20(34)16(42-17)8-40-27-22(36)18-13(32)5-12(31)6-14(18)43-26(27)10-1-3-11(30)4-2-10/h1-6,15-17,19-21,23-25,28-35,37-39H,7-9H2/t15?,16-,17?,19-,20?,21-,23+,24-,25?,28+/m0/s1. The van der Waals surface area contributed by atoms with Crippen molar-refractivity contribution >= 4 is 11.0 Å². The Kier molecular flexibility index (Phi) is 9.28. The Morgan fingerprint density at radius 2 is 1.32 bits per heavy atom. The molecule has 2 aliphatic rings. The van der Waals surface area contributed by atoms with Crippen LogP contribution in [-0.4, -0.2) is 132 Å². The number of fused-ring (bicyclic) bond motifs is 1. The maximum Gasteiger partial charge on any atom is 0.239 e. The topological polar surface area (TPSA) is 269 Å². The predicted molar refractivity (Wildman–Crippen MR) is 145 cm³/mol. The van der Waals surface area contributed by atoms with Gasteiger partial charge in [-0.05, 0) is 24.3 Å². The molecule has 2 aliphatic heterocycles. The van der Waals surface area contributed by atoms with Crippen molar-refractivity contribution in [2.24, 2.45) is 0 Å². The Bertz CT molecular complexity index is 1510. The van der Waals surface area contributed by atoms with Crippen LogP contribution >= 0.6 is 0 Å². The molecule has 10 atom stereocenters. The molecule has 0 spiro atoms. The highest BCUT2D eigenvalue weighted by atomic mass is 16.7. The van der Waals surface area contributed by atoms with Gasteiger partial charge in [0, 0.05) is 17.7 Å². The number of phenols is 3. The van der Waals surface area contributed by atoms with Gasteiger partial charge in [-0.15, -0.1) is 0 Å². The highest BCUT2D eigenvalue weighted by molar-refractivity contribution is 5.88. The summed E-state index contributed by atoms with van der Waals surface area (Å²) in [6.07, 6.45) is -15.9. The molecule has 2 aromatic carbocycles. The highest BCUT2D eigenvalue weighted by Crippen LogP contribution is 2.36. The van der Waals surface area contributed by atoms with Gasteiger partial charge in [0.05, 0.1) is 13.2 Å². The van der Waals surface area contributed by atoms with E-state index in [2.05, 4.69) is 0 Å². The van der Waals surface area contributed by atoms with Gasteiger partial charge in [-0.2, -0.15) is 0 Å². The van der Waals surface area contributed by atoms with Crippen LogP contribution in [0.1, 0.15) is 0 Å². The van der Waals surface area contributed by atoms with Crippen molar-refractivity contribution in [3.8, 4) is 34.3 Å². The number of hydrogen-bond acceptors (Lipinski definition) is 16. The van der Waals surface area contributed by atoms with E-state index < -0.39 is 98.0 Å². The molecule has 3 heterocycles. The van der Waals surface area contributed by atoms with E-state index in [-0.39, 0.29) is 33.8 Å². The zero-order valence-corrected chi connectivity index (χ0v) is 22.8. The van der Waals surface area contributed by atoms with E-state index in [1.54, 1.807) is 0 Å². The molecule has 0 bridgehead atoms. The number of rotatable bonds is 8. The zero-order valence-electron chi connectivity index (χ0n) is 22.8. The number of hydrogen-bond donors (Lipinski definition) is 10. The minimum absolute atomic E-state index is 0.0853. The summed E-state index contributed by atoms with van der Waals surface area (Å²) in [6, 6.07) is 7.48. The molecule has 0 amide bonds. The van der Waals surface area contributed by atoms with E-state index in [1.165, 1.54) is 24.3 Å². The predicted octanol–water partition coefficient (Wildman–Crippen LogP) is -2.38. The van der Waals surface area contributed by atoms with Gasteiger partial charge in [0.1, 0.15) is 89.8 Å². The third-order valence-corrected chi connectivity index (χ3v) is 7.52. The van der Waals surface area contributed by atoms with Gasteiger partial charge in [0.15, 0.2) is 12.1 Å². The van der Waals surface area contributed by atoms with Crippen LogP contribution in [0.4, 0.5) is 0 Å². The summed E-state index contributed by atoms with van der Waals surface area (Å²) in [5, 5.41) is 101. The van der Waals surface area contributed by atoms with Crippen molar-refractivity contribution < 1.29 is 74.4 Å². The lowest BCUT2D eigenvalue weighted by Crippen LogP contribution is -2.62. The van der Waals surface area contributed by atoms with E-state index in [0.29, 0.717) is 0 Å². The van der Waals surface area contributed by atoms with Crippen LogP contribution in [0.5, 0.6) is 23.0 Å². The average Bonchev–Trinajstić information content (AvgIpc) is 2.99. The fraction of sp³-hybridized carbons (Fsp3) is 0.464. The fourth-order valence-electron chi connectivity index (χ4n) is 5.07. The van der Waals surface area contributed by atoms with Gasteiger partial charge in [-0.3, -0.25) is 4.79 Å². The molecule has 10 N–H and O–H groups in total. The Morgan fingerprint density at radius 1 is 0.705 bits per heavy atom. The second-order valence-electron chi connectivity index (χ2n) is 10.5. The van der Waals surface area contributed by atoms with Gasteiger partial charge in [-0.1, -0.05) is 0 Å². The van der Waals surface area contributed by atoms with Crippen LogP contribution < -0.4 is 10.2 Å². The first kappa shape index (κ1) is 31.9. The van der Waals surface area contributed by atoms with Gasteiger partial charge >= 0.3 is 0 Å². The van der Waals surface area contributed by atoms with E-state index in [0.717, 1.165) is 12.1 Å². The van der Waals surface area contributed by atoms with Crippen molar-refractivity contribution in [3.05, 3.63) is 46.6 Å². The molecule has 5 rings (SSSR count). The number of aliphatic hydroxyl groups is 7. The summed E-state index contributed by atoms with van der Waals surface area (Å²) in [6.45, 7) is -1.88. The van der Waals surface area contributed by atoms with Crippen LogP contribution in [0.15, 0.2) is 45.6 Å². The molecule has 0 aliphatic carbocycles. The molecular weight excluding hydrogens is 592 g/mol. The molecule has 16 nitrogen and oxygen atoms in total.